The van der Waals surface area contributed by atoms with Crippen molar-refractivity contribution in [1.82, 2.24) is 0 Å². The summed E-state index contributed by atoms with van der Waals surface area (Å²) in [6.07, 6.45) is 0.921. The third-order valence-corrected chi connectivity index (χ3v) is 3.59. The van der Waals surface area contributed by atoms with Gasteiger partial charge in [0.15, 0.2) is 0 Å². The molecule has 26 heavy (non-hydrogen) atoms. The Morgan fingerprint density at radius 2 is 1.77 bits per heavy atom. The minimum atomic E-state index is -0.968. The second-order valence-corrected chi connectivity index (χ2v) is 5.66. The first-order valence-electron chi connectivity index (χ1n) is 8.42. The second kappa shape index (κ2) is 10.9. The number of esters is 1. The van der Waals surface area contributed by atoms with Crippen LogP contribution >= 0.6 is 0 Å². The number of aliphatic carboxylic acids is 1. The highest BCUT2D eigenvalue weighted by Gasteiger charge is 2.17. The highest BCUT2D eigenvalue weighted by Crippen LogP contribution is 2.22. The highest BCUT2D eigenvalue weighted by atomic mass is 16.5. The molecule has 0 radical (unpaired) electrons. The number of para-hydroxylation sites is 2. The number of carboxylic acid groups (broad SMARTS) is 1. The average molecular weight is 358 g/mol. The number of rotatable bonds is 6. The predicted octanol–water partition coefficient (Wildman–Crippen LogP) is 2.99. The Balaban J connectivity index is 0.000000597. The van der Waals surface area contributed by atoms with Crippen molar-refractivity contribution in [1.29, 1.82) is 0 Å². The first-order chi connectivity index (χ1) is 12.4. The average Bonchev–Trinajstić information content (AvgIpc) is 2.64. The molecule has 0 bridgehead atoms. The van der Waals surface area contributed by atoms with E-state index >= 15 is 0 Å². The Morgan fingerprint density at radius 3 is 2.31 bits per heavy atom. The van der Waals surface area contributed by atoms with Crippen LogP contribution in [-0.2, 0) is 16.0 Å². The number of carbonyl (C=O) groups is 2. The summed E-state index contributed by atoms with van der Waals surface area (Å²) in [5.74, 6) is -0.687. The molecule has 0 aliphatic rings. The summed E-state index contributed by atoms with van der Waals surface area (Å²) in [4.78, 5) is 21.4. The highest BCUT2D eigenvalue weighted by molar-refractivity contribution is 5.81. The number of aryl methyl sites for hydroxylation is 2. The quantitative estimate of drug-likeness (QED) is 0.542. The number of benzene rings is 2. The van der Waals surface area contributed by atoms with Gasteiger partial charge in [0, 0.05) is 5.69 Å². The summed E-state index contributed by atoms with van der Waals surface area (Å²) in [6, 6.07) is 14.9. The van der Waals surface area contributed by atoms with Crippen LogP contribution < -0.4 is 15.8 Å². The van der Waals surface area contributed by atoms with Gasteiger partial charge in [-0.15, -0.1) is 0 Å². The van der Waals surface area contributed by atoms with Crippen LogP contribution in [0.2, 0.25) is 0 Å². The number of nitrogens with two attached hydrogens (primary N) is 1. The van der Waals surface area contributed by atoms with E-state index in [1.165, 1.54) is 5.56 Å². The maximum atomic E-state index is 12.1. The molecule has 2 rings (SSSR count). The maximum Gasteiger partial charge on any atom is 0.333 e. The van der Waals surface area contributed by atoms with Crippen molar-refractivity contribution in [3.05, 3.63) is 59.7 Å². The first kappa shape index (κ1) is 21.2. The number of ether oxygens (including phenoxy) is 1. The lowest BCUT2D eigenvalue weighted by Gasteiger charge is -2.18. The zero-order valence-corrected chi connectivity index (χ0v) is 15.4. The van der Waals surface area contributed by atoms with Gasteiger partial charge in [-0.2, -0.15) is 0 Å². The fourth-order valence-electron chi connectivity index (χ4n) is 2.20. The molecule has 0 unspecified atom stereocenters. The van der Waals surface area contributed by atoms with Crippen molar-refractivity contribution in [3.8, 4) is 5.75 Å². The summed E-state index contributed by atoms with van der Waals surface area (Å²) in [7, 11) is 0. The van der Waals surface area contributed by atoms with Gasteiger partial charge in [0.05, 0.1) is 6.54 Å². The molecule has 0 aliphatic heterocycles. The third-order valence-electron chi connectivity index (χ3n) is 3.59. The van der Waals surface area contributed by atoms with E-state index in [4.69, 9.17) is 9.84 Å². The molecular formula is C20H26N2O4. The van der Waals surface area contributed by atoms with Crippen LogP contribution in [0.25, 0.3) is 0 Å². The Hall–Kier alpha value is -2.86. The molecule has 1 atom stereocenters. The fraction of sp³-hybridized carbons (Fsp3) is 0.300. The largest absolute Gasteiger partial charge is 0.480 e. The van der Waals surface area contributed by atoms with E-state index in [1.807, 2.05) is 44.2 Å². The number of carbonyl (C=O) groups excluding carboxylic acids is 1. The van der Waals surface area contributed by atoms with Gasteiger partial charge >= 0.3 is 11.9 Å². The smallest absolute Gasteiger partial charge is 0.333 e. The molecule has 2 aromatic rings. The molecule has 0 spiro atoms. The lowest BCUT2D eigenvalue weighted by atomic mass is 10.1. The van der Waals surface area contributed by atoms with E-state index in [9.17, 15) is 9.59 Å². The number of nitrogens with one attached hydrogen (secondary N) is 1. The van der Waals surface area contributed by atoms with E-state index in [-0.39, 0.29) is 12.5 Å². The molecule has 0 heterocycles. The molecular weight excluding hydrogens is 332 g/mol. The summed E-state index contributed by atoms with van der Waals surface area (Å²) in [5.41, 5.74) is 7.93. The minimum Gasteiger partial charge on any atom is -0.480 e. The lowest BCUT2D eigenvalue weighted by Crippen LogP contribution is -2.31. The normalized spacial score (nSPS) is 10.9. The summed E-state index contributed by atoms with van der Waals surface area (Å²) in [5, 5.41) is 10.9. The van der Waals surface area contributed by atoms with Crippen LogP contribution in [0.4, 0.5) is 5.69 Å². The maximum absolute atomic E-state index is 12.1. The van der Waals surface area contributed by atoms with Crippen molar-refractivity contribution >= 4 is 17.6 Å². The Bertz CT molecular complexity index is 717. The zero-order valence-electron chi connectivity index (χ0n) is 15.4. The molecule has 0 aromatic heterocycles. The fourth-order valence-corrected chi connectivity index (χ4v) is 2.20. The molecule has 140 valence electrons. The van der Waals surface area contributed by atoms with Crippen molar-refractivity contribution in [3.63, 3.8) is 0 Å². The Kier molecular flexibility index (Phi) is 8.87. The van der Waals surface area contributed by atoms with Gasteiger partial charge in [0.2, 0.25) is 0 Å². The van der Waals surface area contributed by atoms with Crippen LogP contribution in [0.15, 0.2) is 48.5 Å². The minimum absolute atomic E-state index is 0.278. The molecule has 0 amide bonds. The Morgan fingerprint density at radius 1 is 1.15 bits per heavy atom. The lowest BCUT2D eigenvalue weighted by molar-refractivity contribution is -0.136. The third kappa shape index (κ3) is 6.94. The van der Waals surface area contributed by atoms with E-state index < -0.39 is 12.0 Å². The van der Waals surface area contributed by atoms with Crippen molar-refractivity contribution in [2.45, 2.75) is 33.2 Å². The van der Waals surface area contributed by atoms with Crippen LogP contribution in [-0.4, -0.2) is 29.6 Å². The van der Waals surface area contributed by atoms with E-state index in [2.05, 4.69) is 24.0 Å². The van der Waals surface area contributed by atoms with Crippen molar-refractivity contribution < 1.29 is 19.4 Å². The predicted molar refractivity (Wildman–Crippen MR) is 102 cm³/mol. The van der Waals surface area contributed by atoms with Gasteiger partial charge in [0.25, 0.3) is 0 Å². The summed E-state index contributed by atoms with van der Waals surface area (Å²) >= 11 is 0. The monoisotopic (exact) mass is 358 g/mol. The van der Waals surface area contributed by atoms with Crippen molar-refractivity contribution in [2.75, 3.05) is 11.9 Å². The number of hydrogen-bond donors (Lipinski definition) is 3. The van der Waals surface area contributed by atoms with Gasteiger partial charge < -0.3 is 20.9 Å². The molecule has 6 nitrogen and oxygen atoms in total. The number of carboxylic acids is 1. The number of hydrogen-bond acceptors (Lipinski definition) is 5. The first-order valence-corrected chi connectivity index (χ1v) is 8.42. The summed E-state index contributed by atoms with van der Waals surface area (Å²) in [6.45, 7) is 5.68. The molecule has 2 aromatic carbocycles. The van der Waals surface area contributed by atoms with Crippen LogP contribution in [0.3, 0.4) is 0 Å². The Labute approximate surface area is 154 Å². The van der Waals surface area contributed by atoms with Crippen molar-refractivity contribution in [2.24, 2.45) is 5.73 Å². The topological polar surface area (TPSA) is 102 Å². The van der Waals surface area contributed by atoms with E-state index in [1.54, 1.807) is 12.1 Å². The van der Waals surface area contributed by atoms with Crippen LogP contribution in [0.5, 0.6) is 5.75 Å². The molecule has 0 fully saturated rings. The van der Waals surface area contributed by atoms with Gasteiger partial charge in [0.1, 0.15) is 11.8 Å². The molecule has 0 saturated heterocycles. The van der Waals surface area contributed by atoms with Gasteiger partial charge in [-0.05, 0) is 43.5 Å². The van der Waals surface area contributed by atoms with Crippen LogP contribution in [0.1, 0.15) is 25.0 Å². The van der Waals surface area contributed by atoms with Gasteiger partial charge in [-0.3, -0.25) is 4.79 Å². The second-order valence-electron chi connectivity index (χ2n) is 5.66. The van der Waals surface area contributed by atoms with E-state index in [0.29, 0.717) is 5.75 Å². The van der Waals surface area contributed by atoms with Gasteiger partial charge in [-0.25, -0.2) is 4.79 Å². The summed E-state index contributed by atoms with van der Waals surface area (Å²) < 4.78 is 5.36. The standard InChI is InChI=1S/C18H21NO2.C2H5NO2/c1-4-15-10-8-9-13(2)17(15)19-14(3)18(20)21-16-11-6-5-7-12-16;3-1-2(4)5/h5-12,14,19H,4H2,1-3H3;1,3H2,(H,4,5)/t14-;/m0./s1. The molecule has 6 heteroatoms. The van der Waals surface area contributed by atoms with Crippen LogP contribution in [0, 0.1) is 6.92 Å². The number of anilines is 1. The SMILES string of the molecule is CCc1cccc(C)c1N[C@@H](C)C(=O)Oc1ccccc1.NCC(=O)O. The zero-order chi connectivity index (χ0) is 19.5. The molecule has 0 aliphatic carbocycles. The molecule has 4 N–H and O–H groups in total. The molecule has 0 saturated carbocycles. The van der Waals surface area contributed by atoms with E-state index in [0.717, 1.165) is 17.7 Å². The van der Waals surface area contributed by atoms with Gasteiger partial charge in [-0.1, -0.05) is 43.3 Å².